The molecule has 0 amide bonds. The molecule has 0 unspecified atom stereocenters. The van der Waals surface area contributed by atoms with E-state index in [2.05, 4.69) is 0 Å². The van der Waals surface area contributed by atoms with Crippen LogP contribution in [0.15, 0.2) is 18.2 Å². The maximum absolute atomic E-state index is 13.2. The van der Waals surface area contributed by atoms with Crippen LogP contribution in [0.4, 0.5) is 14.5 Å². The zero-order valence-electron chi connectivity index (χ0n) is 11.6. The Morgan fingerprint density at radius 1 is 1.35 bits per heavy atom. The molecule has 1 rings (SSSR count). The summed E-state index contributed by atoms with van der Waals surface area (Å²) in [7, 11) is 0. The van der Waals surface area contributed by atoms with Crippen LogP contribution in [0.1, 0.15) is 32.3 Å². The molecule has 20 heavy (non-hydrogen) atoms. The first-order valence-electron chi connectivity index (χ1n) is 6.40. The van der Waals surface area contributed by atoms with Gasteiger partial charge in [0.15, 0.2) is 0 Å². The first-order valence-corrected chi connectivity index (χ1v) is 6.40. The molecule has 6 heteroatoms. The maximum Gasteiger partial charge on any atom is 0.305 e. The Morgan fingerprint density at radius 2 is 2.05 bits per heavy atom. The van der Waals surface area contributed by atoms with E-state index in [9.17, 15) is 13.6 Å². The Balaban J connectivity index is 2.52. The van der Waals surface area contributed by atoms with Crippen molar-refractivity contribution >= 4 is 11.7 Å². The molecule has 1 aromatic rings. The quantitative estimate of drug-likeness (QED) is 0.475. The fourth-order valence-corrected chi connectivity index (χ4v) is 1.60. The largest absolute Gasteiger partial charge is 0.493 e. The van der Waals surface area contributed by atoms with E-state index in [4.69, 9.17) is 15.2 Å². The van der Waals surface area contributed by atoms with E-state index in [-0.39, 0.29) is 36.0 Å². The van der Waals surface area contributed by atoms with Crippen LogP contribution in [0.25, 0.3) is 0 Å². The Hall–Kier alpha value is -1.85. The summed E-state index contributed by atoms with van der Waals surface area (Å²) in [6, 6.07) is 3.94. The predicted octanol–water partition coefficient (Wildman–Crippen LogP) is 3.10. The molecule has 0 radical (unpaired) electrons. The van der Waals surface area contributed by atoms with E-state index >= 15 is 0 Å². The smallest absolute Gasteiger partial charge is 0.305 e. The molecule has 0 heterocycles. The van der Waals surface area contributed by atoms with Crippen LogP contribution in [-0.4, -0.2) is 19.2 Å². The second kappa shape index (κ2) is 7.07. The molecule has 2 N–H and O–H groups in total. The monoisotopic (exact) mass is 287 g/mol. The van der Waals surface area contributed by atoms with Gasteiger partial charge in [0.25, 0.3) is 5.92 Å². The highest BCUT2D eigenvalue weighted by Gasteiger charge is 2.25. The number of ether oxygens (including phenoxy) is 2. The average molecular weight is 287 g/mol. The molecule has 0 aliphatic rings. The van der Waals surface area contributed by atoms with E-state index in [0.29, 0.717) is 13.0 Å². The van der Waals surface area contributed by atoms with Gasteiger partial charge < -0.3 is 15.2 Å². The third-order valence-electron chi connectivity index (χ3n) is 2.54. The third kappa shape index (κ3) is 5.42. The number of esters is 1. The van der Waals surface area contributed by atoms with Crippen molar-refractivity contribution in [1.82, 2.24) is 0 Å². The van der Waals surface area contributed by atoms with Gasteiger partial charge in [0, 0.05) is 30.7 Å². The summed E-state index contributed by atoms with van der Waals surface area (Å²) in [4.78, 5) is 11.1. The highest BCUT2D eigenvalue weighted by molar-refractivity contribution is 5.69. The van der Waals surface area contributed by atoms with E-state index in [1.54, 1.807) is 6.92 Å². The van der Waals surface area contributed by atoms with Gasteiger partial charge in [-0.3, -0.25) is 4.79 Å². The lowest BCUT2D eigenvalue weighted by Crippen LogP contribution is -2.09. The van der Waals surface area contributed by atoms with Crippen LogP contribution in [0.5, 0.6) is 5.75 Å². The predicted molar refractivity (Wildman–Crippen MR) is 71.8 cm³/mol. The van der Waals surface area contributed by atoms with Gasteiger partial charge in [0.1, 0.15) is 5.75 Å². The number of carbonyl (C=O) groups is 1. The lowest BCUT2D eigenvalue weighted by atomic mass is 10.1. The van der Waals surface area contributed by atoms with E-state index in [1.165, 1.54) is 18.2 Å². The van der Waals surface area contributed by atoms with E-state index < -0.39 is 5.92 Å². The molecule has 0 aliphatic carbocycles. The summed E-state index contributed by atoms with van der Waals surface area (Å²) in [6.07, 6.45) is 0.679. The Labute approximate surface area is 116 Å². The molecule has 112 valence electrons. The standard InChI is InChI=1S/C14H19F2NO3/c1-3-19-13(18)5-4-6-20-12-8-10(14(2,15)16)7-11(17)9-12/h7-9H,3-6,17H2,1-2H3. The highest BCUT2D eigenvalue weighted by atomic mass is 19.3. The van der Waals surface area contributed by atoms with Crippen molar-refractivity contribution in [2.45, 2.75) is 32.6 Å². The van der Waals surface area contributed by atoms with Crippen molar-refractivity contribution in [3.8, 4) is 5.75 Å². The maximum atomic E-state index is 13.2. The van der Waals surface area contributed by atoms with Crippen molar-refractivity contribution in [3.63, 3.8) is 0 Å². The SMILES string of the molecule is CCOC(=O)CCCOc1cc(N)cc(C(C)(F)F)c1. The lowest BCUT2D eigenvalue weighted by molar-refractivity contribution is -0.143. The van der Waals surface area contributed by atoms with Crippen LogP contribution in [-0.2, 0) is 15.5 Å². The normalized spacial score (nSPS) is 11.2. The second-order valence-corrected chi connectivity index (χ2v) is 4.44. The number of halogens is 2. The molecule has 0 spiro atoms. The van der Waals surface area contributed by atoms with Gasteiger partial charge in [0.2, 0.25) is 0 Å². The van der Waals surface area contributed by atoms with Gasteiger partial charge in [-0.15, -0.1) is 0 Å². The van der Waals surface area contributed by atoms with Gasteiger partial charge in [-0.25, -0.2) is 8.78 Å². The number of carbonyl (C=O) groups excluding carboxylic acids is 1. The van der Waals surface area contributed by atoms with Crippen molar-refractivity contribution in [2.24, 2.45) is 0 Å². The number of rotatable bonds is 7. The van der Waals surface area contributed by atoms with Gasteiger partial charge in [0.05, 0.1) is 13.2 Å². The minimum atomic E-state index is -2.97. The number of hydrogen-bond acceptors (Lipinski definition) is 4. The zero-order valence-corrected chi connectivity index (χ0v) is 11.6. The summed E-state index contributed by atoms with van der Waals surface area (Å²) < 4.78 is 36.5. The Bertz CT molecular complexity index is 458. The molecular formula is C14H19F2NO3. The second-order valence-electron chi connectivity index (χ2n) is 4.44. The lowest BCUT2D eigenvalue weighted by Gasteiger charge is -2.14. The summed E-state index contributed by atoms with van der Waals surface area (Å²) in [6.45, 7) is 3.10. The van der Waals surface area contributed by atoms with Gasteiger partial charge in [-0.2, -0.15) is 0 Å². The van der Waals surface area contributed by atoms with Crippen LogP contribution < -0.4 is 10.5 Å². The van der Waals surface area contributed by atoms with Crippen LogP contribution in [0.2, 0.25) is 0 Å². The molecular weight excluding hydrogens is 268 g/mol. The molecule has 0 bridgehead atoms. The van der Waals surface area contributed by atoms with Gasteiger partial charge in [-0.05, 0) is 25.5 Å². The number of hydrogen-bond donors (Lipinski definition) is 1. The minimum Gasteiger partial charge on any atom is -0.493 e. The number of nitrogens with two attached hydrogens (primary N) is 1. The number of anilines is 1. The number of alkyl halides is 2. The Kier molecular flexibility index (Phi) is 5.73. The zero-order chi connectivity index (χ0) is 15.2. The summed E-state index contributed by atoms with van der Waals surface area (Å²) in [5, 5.41) is 0. The minimum absolute atomic E-state index is 0.196. The van der Waals surface area contributed by atoms with Gasteiger partial charge in [-0.1, -0.05) is 0 Å². The first kappa shape index (κ1) is 16.2. The first-order chi connectivity index (χ1) is 9.32. The third-order valence-corrected chi connectivity index (χ3v) is 2.54. The number of nitrogen functional groups attached to an aromatic ring is 1. The van der Waals surface area contributed by atoms with Crippen LogP contribution in [0.3, 0.4) is 0 Å². The average Bonchev–Trinajstić information content (AvgIpc) is 2.33. The van der Waals surface area contributed by atoms with E-state index in [1.807, 2.05) is 0 Å². The van der Waals surface area contributed by atoms with Crippen LogP contribution in [0, 0.1) is 0 Å². The molecule has 0 atom stereocenters. The summed E-state index contributed by atoms with van der Waals surface area (Å²) in [5.41, 5.74) is 5.58. The van der Waals surface area contributed by atoms with Crippen molar-refractivity contribution < 1.29 is 23.0 Å². The fourth-order valence-electron chi connectivity index (χ4n) is 1.60. The summed E-state index contributed by atoms with van der Waals surface area (Å²) in [5.74, 6) is -3.01. The van der Waals surface area contributed by atoms with E-state index in [0.717, 1.165) is 6.92 Å². The van der Waals surface area contributed by atoms with Crippen molar-refractivity contribution in [3.05, 3.63) is 23.8 Å². The molecule has 4 nitrogen and oxygen atoms in total. The molecule has 0 saturated carbocycles. The van der Waals surface area contributed by atoms with Crippen molar-refractivity contribution in [2.75, 3.05) is 18.9 Å². The molecule has 0 fully saturated rings. The highest BCUT2D eigenvalue weighted by Crippen LogP contribution is 2.31. The molecule has 0 aliphatic heterocycles. The fraction of sp³-hybridized carbons (Fsp3) is 0.500. The van der Waals surface area contributed by atoms with Gasteiger partial charge >= 0.3 is 5.97 Å². The molecule has 1 aromatic carbocycles. The number of benzene rings is 1. The Morgan fingerprint density at radius 3 is 2.65 bits per heavy atom. The summed E-state index contributed by atoms with van der Waals surface area (Å²) >= 11 is 0. The molecule has 0 saturated heterocycles. The van der Waals surface area contributed by atoms with Crippen molar-refractivity contribution in [1.29, 1.82) is 0 Å². The molecule has 0 aromatic heterocycles. The van der Waals surface area contributed by atoms with Crippen LogP contribution >= 0.6 is 0 Å². The topological polar surface area (TPSA) is 61.5 Å².